The number of carboxylic acids is 1. The Hall–Kier alpha value is -1.83. The summed E-state index contributed by atoms with van der Waals surface area (Å²) in [5.41, 5.74) is 0. The van der Waals surface area contributed by atoms with Crippen LogP contribution < -0.4 is 0 Å². The number of alkyl halides is 18. The van der Waals surface area contributed by atoms with Gasteiger partial charge in [0.1, 0.15) is 6.61 Å². The van der Waals surface area contributed by atoms with Crippen LogP contribution >= 0.6 is 0 Å². The molecular formula is C10H4F18O3. The van der Waals surface area contributed by atoms with Crippen LogP contribution in [0.4, 0.5) is 79.0 Å². The first kappa shape index (κ1) is 31.4. The molecular weight excluding hydrogens is 510 g/mol. The van der Waals surface area contributed by atoms with Gasteiger partial charge in [-0.15, -0.1) is 0 Å². The first-order valence-corrected chi connectivity index (χ1v) is 6.25. The number of aliphatic hydroxyl groups excluding tert-OH is 1. The van der Waals surface area contributed by atoms with Crippen LogP contribution in [-0.2, 0) is 4.79 Å². The largest absolute Gasteiger partial charge is 0.480 e. The van der Waals surface area contributed by atoms with Gasteiger partial charge in [-0.3, -0.25) is 0 Å². The van der Waals surface area contributed by atoms with Crippen LogP contribution in [0, 0.1) is 0 Å². The quantitative estimate of drug-likeness (QED) is 0.492. The van der Waals surface area contributed by atoms with Crippen molar-refractivity contribution >= 4 is 5.97 Å². The second-order valence-electron chi connectivity index (χ2n) is 4.99. The van der Waals surface area contributed by atoms with E-state index in [0.29, 0.717) is 0 Å². The molecule has 3 nitrogen and oxygen atoms in total. The summed E-state index contributed by atoms with van der Waals surface area (Å²) in [6.45, 7) is -0.778. The topological polar surface area (TPSA) is 57.5 Å². The number of carboxylic acid groups (broad SMARTS) is 1. The fourth-order valence-electron chi connectivity index (χ4n) is 1.14. The standard InChI is InChI=1S/C8F18.C2H4O3/c9-1(10,3(13,14)5(17,18)7(21,22)23)2(11,12)4(15,16)6(19,20)8(24,25)26;3-1-2(4)5/h;3H,1H2,(H,4,5). The van der Waals surface area contributed by atoms with E-state index in [0.717, 1.165) is 0 Å². The monoisotopic (exact) mass is 514 g/mol. The van der Waals surface area contributed by atoms with Crippen molar-refractivity contribution in [3.05, 3.63) is 0 Å². The molecule has 0 aliphatic heterocycles. The third-order valence-electron chi connectivity index (χ3n) is 2.82. The maximum Gasteiger partial charge on any atom is 0.460 e. The number of aliphatic hydroxyl groups is 1. The number of hydrogen-bond donors (Lipinski definition) is 2. The molecule has 31 heavy (non-hydrogen) atoms. The normalized spacial score (nSPS) is 15.3. The Morgan fingerprint density at radius 3 is 0.677 bits per heavy atom. The molecule has 0 aliphatic rings. The highest BCUT2D eigenvalue weighted by Gasteiger charge is 2.95. The lowest BCUT2D eigenvalue weighted by atomic mass is 9.91. The van der Waals surface area contributed by atoms with Crippen LogP contribution in [0.15, 0.2) is 0 Å². The van der Waals surface area contributed by atoms with Crippen LogP contribution in [0.2, 0.25) is 0 Å². The highest BCUT2D eigenvalue weighted by molar-refractivity contribution is 5.67. The molecule has 0 heterocycles. The minimum atomic E-state index is -8.72. The van der Waals surface area contributed by atoms with Crippen molar-refractivity contribution in [1.82, 2.24) is 0 Å². The first-order valence-electron chi connectivity index (χ1n) is 6.25. The van der Waals surface area contributed by atoms with Gasteiger partial charge >= 0.3 is 53.9 Å². The molecule has 0 saturated heterocycles. The van der Waals surface area contributed by atoms with Gasteiger partial charge in [0, 0.05) is 0 Å². The Labute approximate surface area is 156 Å². The van der Waals surface area contributed by atoms with E-state index < -0.39 is 60.5 Å². The predicted octanol–water partition coefficient (Wildman–Crippen LogP) is 4.99. The molecule has 2 N–H and O–H groups in total. The Morgan fingerprint density at radius 2 is 0.581 bits per heavy atom. The SMILES string of the molecule is FC(F)(F)C(F)(F)C(F)(F)C(F)(F)C(F)(F)C(F)(F)C(F)(F)C(F)(F)F.O=C(O)CO. The molecule has 0 aromatic heterocycles. The predicted molar refractivity (Wildman–Crippen MR) is 56.5 cm³/mol. The van der Waals surface area contributed by atoms with Gasteiger partial charge in [-0.05, 0) is 0 Å². The lowest BCUT2D eigenvalue weighted by Gasteiger charge is -2.41. The zero-order valence-corrected chi connectivity index (χ0v) is 13.3. The van der Waals surface area contributed by atoms with Gasteiger partial charge in [0.15, 0.2) is 0 Å². The van der Waals surface area contributed by atoms with E-state index in [9.17, 15) is 79.0 Å². The molecule has 0 spiro atoms. The van der Waals surface area contributed by atoms with Crippen LogP contribution in [0.25, 0.3) is 0 Å². The van der Waals surface area contributed by atoms with Crippen molar-refractivity contribution in [3.8, 4) is 0 Å². The summed E-state index contributed by atoms with van der Waals surface area (Å²) in [7, 11) is 0. The third kappa shape index (κ3) is 4.83. The summed E-state index contributed by atoms with van der Waals surface area (Å²) >= 11 is 0. The van der Waals surface area contributed by atoms with Crippen molar-refractivity contribution in [2.45, 2.75) is 47.9 Å². The second kappa shape index (κ2) is 8.26. The number of aliphatic carboxylic acids is 1. The molecule has 0 bridgehead atoms. The van der Waals surface area contributed by atoms with Gasteiger partial charge in [-0.2, -0.15) is 79.0 Å². The summed E-state index contributed by atoms with van der Waals surface area (Å²) in [5, 5.41) is 15.0. The zero-order chi connectivity index (χ0) is 26.3. The van der Waals surface area contributed by atoms with E-state index in [1.54, 1.807) is 0 Å². The summed E-state index contributed by atoms with van der Waals surface area (Å²) in [5.74, 6) is -52.2. The molecule has 0 saturated carbocycles. The van der Waals surface area contributed by atoms with Crippen LogP contribution in [0.3, 0.4) is 0 Å². The molecule has 0 rings (SSSR count). The van der Waals surface area contributed by atoms with Gasteiger partial charge in [0.25, 0.3) is 0 Å². The van der Waals surface area contributed by atoms with Crippen molar-refractivity contribution in [3.63, 3.8) is 0 Å². The van der Waals surface area contributed by atoms with Gasteiger partial charge in [0.05, 0.1) is 0 Å². The van der Waals surface area contributed by atoms with E-state index in [4.69, 9.17) is 15.0 Å². The number of carbonyl (C=O) groups is 1. The van der Waals surface area contributed by atoms with E-state index >= 15 is 0 Å². The lowest BCUT2D eigenvalue weighted by Crippen LogP contribution is -2.74. The van der Waals surface area contributed by atoms with E-state index in [1.165, 1.54) is 0 Å². The summed E-state index contributed by atoms with van der Waals surface area (Å²) in [4.78, 5) is 9.12. The van der Waals surface area contributed by atoms with Gasteiger partial charge in [-0.1, -0.05) is 0 Å². The molecule has 0 atom stereocenters. The summed E-state index contributed by atoms with van der Waals surface area (Å²) in [6, 6.07) is 0. The number of rotatable bonds is 6. The second-order valence-corrected chi connectivity index (χ2v) is 4.99. The molecule has 0 fully saturated rings. The van der Waals surface area contributed by atoms with Gasteiger partial charge < -0.3 is 10.2 Å². The number of halogens is 18. The smallest absolute Gasteiger partial charge is 0.460 e. The minimum absolute atomic E-state index is 0.778. The Bertz CT molecular complexity index is 581. The van der Waals surface area contributed by atoms with Gasteiger partial charge in [-0.25, -0.2) is 4.79 Å². The lowest BCUT2D eigenvalue weighted by molar-refractivity contribution is -0.468. The van der Waals surface area contributed by atoms with Crippen molar-refractivity contribution in [2.24, 2.45) is 0 Å². The Balaban J connectivity index is 0. The average molecular weight is 514 g/mol. The molecule has 21 heteroatoms. The Morgan fingerprint density at radius 1 is 0.452 bits per heavy atom. The molecule has 0 aromatic carbocycles. The molecule has 0 unspecified atom stereocenters. The highest BCUT2D eigenvalue weighted by atomic mass is 19.4. The number of hydrogen-bond acceptors (Lipinski definition) is 2. The zero-order valence-electron chi connectivity index (χ0n) is 13.3. The Kier molecular flexibility index (Phi) is 8.36. The highest BCUT2D eigenvalue weighted by Crippen LogP contribution is 2.63. The van der Waals surface area contributed by atoms with Gasteiger partial charge in [0.2, 0.25) is 0 Å². The fraction of sp³-hybridized carbons (Fsp3) is 0.900. The summed E-state index contributed by atoms with van der Waals surface area (Å²) < 4.78 is 221. The molecule has 0 amide bonds. The van der Waals surface area contributed by atoms with Crippen LogP contribution in [0.5, 0.6) is 0 Å². The van der Waals surface area contributed by atoms with Crippen molar-refractivity contribution in [1.29, 1.82) is 0 Å². The minimum Gasteiger partial charge on any atom is -0.480 e. The van der Waals surface area contributed by atoms with E-state index in [2.05, 4.69) is 0 Å². The molecule has 0 aliphatic carbocycles. The average Bonchev–Trinajstić information content (AvgIpc) is 2.52. The molecule has 188 valence electrons. The fourth-order valence-corrected chi connectivity index (χ4v) is 1.14. The molecule has 0 radical (unpaired) electrons. The van der Waals surface area contributed by atoms with Crippen molar-refractivity contribution in [2.75, 3.05) is 6.61 Å². The van der Waals surface area contributed by atoms with E-state index in [-0.39, 0.29) is 0 Å². The third-order valence-corrected chi connectivity index (χ3v) is 2.82. The maximum absolute atomic E-state index is 12.8. The molecule has 0 aromatic rings. The summed E-state index contributed by atoms with van der Waals surface area (Å²) in [6.07, 6.45) is -15.6. The van der Waals surface area contributed by atoms with Crippen LogP contribution in [0.1, 0.15) is 0 Å². The maximum atomic E-state index is 12.8. The van der Waals surface area contributed by atoms with Crippen LogP contribution in [-0.4, -0.2) is 70.7 Å². The van der Waals surface area contributed by atoms with Crippen molar-refractivity contribution < 1.29 is 94.0 Å². The van der Waals surface area contributed by atoms with E-state index in [1.807, 2.05) is 0 Å². The first-order chi connectivity index (χ1) is 13.0.